The molecule has 3 rings (SSSR count). The summed E-state index contributed by atoms with van der Waals surface area (Å²) in [5, 5.41) is 8.04. The summed E-state index contributed by atoms with van der Waals surface area (Å²) in [7, 11) is 0. The summed E-state index contributed by atoms with van der Waals surface area (Å²) in [5.41, 5.74) is 2.31. The van der Waals surface area contributed by atoms with Gasteiger partial charge in [0.1, 0.15) is 16.3 Å². The van der Waals surface area contributed by atoms with Gasteiger partial charge in [0, 0.05) is 0 Å². The van der Waals surface area contributed by atoms with Gasteiger partial charge in [0.25, 0.3) is 0 Å². The normalized spacial score (nSPS) is 28.9. The first-order chi connectivity index (χ1) is 6.16. The zero-order valence-electron chi connectivity index (χ0n) is 7.53. The van der Waals surface area contributed by atoms with Gasteiger partial charge in [0.2, 0.25) is 11.0 Å². The molecule has 2 aliphatic heterocycles. The van der Waals surface area contributed by atoms with Crippen LogP contribution in [0.25, 0.3) is 0 Å². The fourth-order valence-electron chi connectivity index (χ4n) is 1.88. The number of hydrogen-bond acceptors (Lipinski definition) is 4. The van der Waals surface area contributed by atoms with E-state index in [0.29, 0.717) is 0 Å². The lowest BCUT2D eigenvalue weighted by atomic mass is 9.75. The molecule has 0 aromatic carbocycles. The van der Waals surface area contributed by atoms with E-state index in [0.717, 1.165) is 29.1 Å². The minimum atomic E-state index is -0.601. The third-order valence-corrected chi connectivity index (χ3v) is 3.64. The third kappa shape index (κ3) is 0.964. The summed E-state index contributed by atoms with van der Waals surface area (Å²) in [6.45, 7) is 4.42. The lowest BCUT2D eigenvalue weighted by molar-refractivity contribution is 0.300. The van der Waals surface area contributed by atoms with Crippen molar-refractivity contribution in [3.8, 4) is 0 Å². The molecule has 1 aliphatic carbocycles. The molecule has 5 heteroatoms. The van der Waals surface area contributed by atoms with Crippen molar-refractivity contribution in [1.29, 1.82) is 0 Å². The molecule has 0 saturated heterocycles. The molecule has 0 bridgehead atoms. The van der Waals surface area contributed by atoms with E-state index in [-0.39, 0.29) is 5.41 Å². The van der Waals surface area contributed by atoms with Crippen LogP contribution in [0.1, 0.15) is 26.7 Å². The average Bonchev–Trinajstić information content (AvgIpc) is 2.56. The lowest BCUT2D eigenvalue weighted by Gasteiger charge is -2.28. The molecule has 0 aromatic heterocycles. The molecule has 0 radical (unpaired) electrons. The average molecular weight is 198 g/mol. The molecule has 0 aromatic rings. The van der Waals surface area contributed by atoms with Gasteiger partial charge >= 0.3 is 0 Å². The van der Waals surface area contributed by atoms with Gasteiger partial charge in [-0.05, 0) is 18.3 Å². The topological polar surface area (TPSA) is 43.2 Å². The summed E-state index contributed by atoms with van der Waals surface area (Å²) in [6, 6.07) is 0. The highest BCUT2D eigenvalue weighted by atomic mass is 32.2. The van der Waals surface area contributed by atoms with Crippen LogP contribution in [0.15, 0.2) is 10.3 Å². The second kappa shape index (κ2) is 2.15. The van der Waals surface area contributed by atoms with E-state index in [2.05, 4.69) is 24.2 Å². The summed E-state index contributed by atoms with van der Waals surface area (Å²) in [6.07, 6.45) is 1.93. The molecule has 4 nitrogen and oxygen atoms in total. The first kappa shape index (κ1) is 7.55. The van der Waals surface area contributed by atoms with Crippen molar-refractivity contribution in [3.05, 3.63) is 0 Å². The highest BCUT2D eigenvalue weighted by Crippen LogP contribution is 2.41. The molecule has 1 saturated carbocycles. The molecule has 1 fully saturated rings. The van der Waals surface area contributed by atoms with E-state index >= 15 is 0 Å². The van der Waals surface area contributed by atoms with E-state index in [1.807, 2.05) is 0 Å². The first-order valence-electron chi connectivity index (χ1n) is 4.26. The van der Waals surface area contributed by atoms with Crippen LogP contribution in [0.5, 0.6) is 0 Å². The van der Waals surface area contributed by atoms with Crippen LogP contribution >= 0.6 is 11.0 Å². The standard InChI is InChI=1S/C8H10N2O2S/c1-8(2)3-5-7-6(4-8)10-12-13(7)11-9-5/h3-4H2,1-2H3. The van der Waals surface area contributed by atoms with Crippen LogP contribution in [0.4, 0.5) is 0 Å². The second-order valence-electron chi connectivity index (χ2n) is 4.31. The van der Waals surface area contributed by atoms with E-state index < -0.39 is 11.0 Å². The van der Waals surface area contributed by atoms with Crippen molar-refractivity contribution in [2.24, 2.45) is 15.7 Å². The van der Waals surface area contributed by atoms with E-state index in [1.165, 1.54) is 0 Å². The van der Waals surface area contributed by atoms with Crippen molar-refractivity contribution in [3.63, 3.8) is 0 Å². The smallest absolute Gasteiger partial charge is 0.248 e. The molecular formula is C8H10N2O2S. The molecule has 0 unspecified atom stereocenters. The van der Waals surface area contributed by atoms with Gasteiger partial charge in [-0.3, -0.25) is 8.57 Å². The minimum Gasteiger partial charge on any atom is -0.288 e. The first-order valence-corrected chi connectivity index (χ1v) is 5.34. The molecule has 13 heavy (non-hydrogen) atoms. The van der Waals surface area contributed by atoms with Crippen molar-refractivity contribution in [2.75, 3.05) is 0 Å². The molecule has 3 aliphatic rings. The summed E-state index contributed by atoms with van der Waals surface area (Å²) >= 11 is -0.601. The van der Waals surface area contributed by atoms with E-state index in [9.17, 15) is 0 Å². The van der Waals surface area contributed by atoms with Crippen LogP contribution in [0.2, 0.25) is 0 Å². The maximum absolute atomic E-state index is 5.13. The Morgan fingerprint density at radius 3 is 2.23 bits per heavy atom. The third-order valence-electron chi connectivity index (χ3n) is 2.41. The largest absolute Gasteiger partial charge is 0.288 e. The van der Waals surface area contributed by atoms with Crippen molar-refractivity contribution >= 4 is 27.3 Å². The molecule has 0 amide bonds. The second-order valence-corrected chi connectivity index (χ2v) is 5.48. The lowest BCUT2D eigenvalue weighted by Crippen LogP contribution is -2.35. The van der Waals surface area contributed by atoms with Gasteiger partial charge in [0.05, 0.1) is 0 Å². The van der Waals surface area contributed by atoms with Gasteiger partial charge in [-0.25, -0.2) is 0 Å². The summed E-state index contributed by atoms with van der Waals surface area (Å²) < 4.78 is 10.3. The highest BCUT2D eigenvalue weighted by molar-refractivity contribution is 8.10. The SMILES string of the molecule is CC1(C)CC2=NOS3=C2C(=NO3)C1. The molecular weight excluding hydrogens is 188 g/mol. The van der Waals surface area contributed by atoms with Crippen LogP contribution in [0, 0.1) is 5.41 Å². The number of rotatable bonds is 0. The number of nitrogens with zero attached hydrogens (tertiary/aromatic N) is 2. The Balaban J connectivity index is 2.10. The van der Waals surface area contributed by atoms with E-state index in [1.54, 1.807) is 0 Å². The number of oxime groups is 2. The van der Waals surface area contributed by atoms with Crippen LogP contribution in [-0.4, -0.2) is 16.3 Å². The van der Waals surface area contributed by atoms with E-state index in [4.69, 9.17) is 8.57 Å². The fourth-order valence-corrected chi connectivity index (χ4v) is 2.98. The van der Waals surface area contributed by atoms with Crippen molar-refractivity contribution < 1.29 is 8.57 Å². The van der Waals surface area contributed by atoms with Crippen molar-refractivity contribution in [2.45, 2.75) is 26.7 Å². The molecule has 2 heterocycles. The zero-order chi connectivity index (χ0) is 9.05. The summed E-state index contributed by atoms with van der Waals surface area (Å²) in [4.78, 5) is 1.11. The van der Waals surface area contributed by atoms with Crippen LogP contribution < -0.4 is 0 Å². The van der Waals surface area contributed by atoms with Gasteiger partial charge in [-0.15, -0.1) is 0 Å². The monoisotopic (exact) mass is 198 g/mol. The van der Waals surface area contributed by atoms with Gasteiger partial charge in [-0.1, -0.05) is 24.2 Å². The predicted molar refractivity (Wildman–Crippen MR) is 52.7 cm³/mol. The Morgan fingerprint density at radius 2 is 1.69 bits per heavy atom. The Hall–Kier alpha value is -0.840. The van der Waals surface area contributed by atoms with Crippen molar-refractivity contribution in [1.82, 2.24) is 0 Å². The quantitative estimate of drug-likeness (QED) is 0.557. The number of hydrogen-bond donors (Lipinski definition) is 0. The highest BCUT2D eigenvalue weighted by Gasteiger charge is 2.42. The summed E-state index contributed by atoms with van der Waals surface area (Å²) in [5.74, 6) is 0. The Bertz CT molecular complexity index is 350. The maximum atomic E-state index is 5.13. The molecule has 0 spiro atoms. The van der Waals surface area contributed by atoms with Gasteiger partial charge in [-0.2, -0.15) is 0 Å². The zero-order valence-corrected chi connectivity index (χ0v) is 8.35. The minimum absolute atomic E-state index is 0.234. The Morgan fingerprint density at radius 1 is 1.15 bits per heavy atom. The van der Waals surface area contributed by atoms with Gasteiger partial charge in [0.15, 0.2) is 0 Å². The van der Waals surface area contributed by atoms with Gasteiger partial charge < -0.3 is 0 Å². The van der Waals surface area contributed by atoms with Crippen LogP contribution in [-0.2, 0) is 8.57 Å². The fraction of sp³-hybridized carbons (Fsp3) is 0.625. The molecule has 0 atom stereocenters. The molecule has 0 N–H and O–H groups in total. The Kier molecular flexibility index (Phi) is 1.25. The predicted octanol–water partition coefficient (Wildman–Crippen LogP) is 1.85. The Labute approximate surface area is 78.9 Å². The molecule has 70 valence electrons. The van der Waals surface area contributed by atoms with Crippen LogP contribution in [0.3, 0.4) is 0 Å². The maximum Gasteiger partial charge on any atom is 0.248 e.